The van der Waals surface area contributed by atoms with Gasteiger partial charge >= 0.3 is 0 Å². The molecule has 4 nitrogen and oxygen atoms in total. The zero-order valence-electron chi connectivity index (χ0n) is 13.6. The molecule has 0 aliphatic carbocycles. The Bertz CT molecular complexity index is 505. The Morgan fingerprint density at radius 2 is 1.95 bits per heavy atom. The van der Waals surface area contributed by atoms with Gasteiger partial charge in [0.1, 0.15) is 11.9 Å². The minimum absolute atomic E-state index is 0.0989. The van der Waals surface area contributed by atoms with E-state index in [-0.39, 0.29) is 30.6 Å². The number of rotatable bonds is 8. The molecule has 0 aliphatic rings. The Labute approximate surface area is 131 Å². The van der Waals surface area contributed by atoms with E-state index in [1.165, 1.54) is 11.0 Å². The number of nitrogens with one attached hydrogen (secondary N) is 1. The molecule has 0 heterocycles. The first-order chi connectivity index (χ1) is 10.5. The van der Waals surface area contributed by atoms with E-state index in [1.807, 2.05) is 6.92 Å². The van der Waals surface area contributed by atoms with Crippen LogP contribution in [0.5, 0.6) is 0 Å². The Kier molecular flexibility index (Phi) is 7.57. The molecule has 1 aromatic rings. The van der Waals surface area contributed by atoms with Crippen molar-refractivity contribution in [3.63, 3.8) is 0 Å². The van der Waals surface area contributed by atoms with Crippen LogP contribution in [0.1, 0.15) is 45.6 Å². The summed E-state index contributed by atoms with van der Waals surface area (Å²) in [4.78, 5) is 25.7. The summed E-state index contributed by atoms with van der Waals surface area (Å²) in [5.74, 6) is -0.733. The molecule has 1 atom stereocenters. The number of halogens is 1. The van der Waals surface area contributed by atoms with Gasteiger partial charge in [-0.15, -0.1) is 0 Å². The molecule has 1 rings (SSSR count). The summed E-state index contributed by atoms with van der Waals surface area (Å²) in [6, 6.07) is 5.69. The average Bonchev–Trinajstić information content (AvgIpc) is 2.53. The minimum Gasteiger partial charge on any atom is -0.354 e. The number of amides is 2. The predicted molar refractivity (Wildman–Crippen MR) is 84.6 cm³/mol. The van der Waals surface area contributed by atoms with Crippen molar-refractivity contribution in [3.8, 4) is 0 Å². The molecular formula is C17H25FN2O2. The van der Waals surface area contributed by atoms with Gasteiger partial charge in [-0.1, -0.05) is 38.5 Å². The second-order valence-electron chi connectivity index (χ2n) is 5.29. The van der Waals surface area contributed by atoms with Gasteiger partial charge in [0.25, 0.3) is 0 Å². The number of hydrogen-bond acceptors (Lipinski definition) is 2. The third kappa shape index (κ3) is 5.13. The summed E-state index contributed by atoms with van der Waals surface area (Å²) >= 11 is 0. The van der Waals surface area contributed by atoms with Crippen molar-refractivity contribution >= 4 is 11.8 Å². The average molecular weight is 308 g/mol. The smallest absolute Gasteiger partial charge is 0.242 e. The number of carbonyl (C=O) groups is 2. The Morgan fingerprint density at radius 1 is 1.27 bits per heavy atom. The van der Waals surface area contributed by atoms with Crippen LogP contribution in [-0.2, 0) is 16.1 Å². The Morgan fingerprint density at radius 3 is 2.55 bits per heavy atom. The molecule has 1 aromatic carbocycles. The van der Waals surface area contributed by atoms with Gasteiger partial charge < -0.3 is 10.2 Å². The van der Waals surface area contributed by atoms with Crippen molar-refractivity contribution in [2.75, 3.05) is 6.54 Å². The van der Waals surface area contributed by atoms with E-state index < -0.39 is 6.04 Å². The van der Waals surface area contributed by atoms with Crippen LogP contribution in [0.4, 0.5) is 4.39 Å². The standard InChI is InChI=1S/C17H25FN2O2/c1-4-6-11-19-17(22)13(3)20(16(21)5-2)12-14-9-7-8-10-15(14)18/h7-10,13H,4-6,11-12H2,1-3H3,(H,19,22)/t13-/m1/s1. The van der Waals surface area contributed by atoms with Crippen molar-refractivity contribution in [2.24, 2.45) is 0 Å². The summed E-state index contributed by atoms with van der Waals surface area (Å²) in [5.41, 5.74) is 0.414. The quantitative estimate of drug-likeness (QED) is 0.751. The highest BCUT2D eigenvalue weighted by Crippen LogP contribution is 2.13. The Balaban J connectivity index is 2.82. The van der Waals surface area contributed by atoms with Gasteiger partial charge in [-0.2, -0.15) is 0 Å². The lowest BCUT2D eigenvalue weighted by Gasteiger charge is -2.28. The van der Waals surface area contributed by atoms with Crippen LogP contribution in [0, 0.1) is 5.82 Å². The maximum absolute atomic E-state index is 13.8. The number of unbranched alkanes of at least 4 members (excludes halogenated alkanes) is 1. The fourth-order valence-electron chi connectivity index (χ4n) is 2.13. The number of nitrogens with zero attached hydrogens (tertiary/aromatic N) is 1. The first kappa shape index (κ1) is 18.1. The van der Waals surface area contributed by atoms with Crippen molar-refractivity contribution in [2.45, 2.75) is 52.6 Å². The van der Waals surface area contributed by atoms with E-state index >= 15 is 0 Å². The van der Waals surface area contributed by atoms with Crippen LogP contribution in [0.3, 0.4) is 0 Å². The van der Waals surface area contributed by atoms with Crippen LogP contribution in [-0.4, -0.2) is 29.3 Å². The normalized spacial score (nSPS) is 11.8. The molecule has 0 spiro atoms. The van der Waals surface area contributed by atoms with Gasteiger partial charge in [0.2, 0.25) is 11.8 Å². The molecule has 0 radical (unpaired) electrons. The molecule has 0 saturated carbocycles. The van der Waals surface area contributed by atoms with Crippen molar-refractivity contribution in [3.05, 3.63) is 35.6 Å². The van der Waals surface area contributed by atoms with E-state index in [1.54, 1.807) is 32.0 Å². The molecule has 2 amide bonds. The highest BCUT2D eigenvalue weighted by molar-refractivity contribution is 5.87. The van der Waals surface area contributed by atoms with Gasteiger partial charge in [-0.05, 0) is 19.4 Å². The van der Waals surface area contributed by atoms with E-state index in [2.05, 4.69) is 5.32 Å². The Hall–Kier alpha value is -1.91. The molecule has 0 aromatic heterocycles. The van der Waals surface area contributed by atoms with Crippen LogP contribution >= 0.6 is 0 Å². The van der Waals surface area contributed by atoms with E-state index in [4.69, 9.17) is 0 Å². The highest BCUT2D eigenvalue weighted by atomic mass is 19.1. The first-order valence-corrected chi connectivity index (χ1v) is 7.81. The molecule has 0 bridgehead atoms. The molecule has 122 valence electrons. The third-order valence-corrected chi connectivity index (χ3v) is 3.60. The zero-order valence-corrected chi connectivity index (χ0v) is 13.6. The summed E-state index contributed by atoms with van der Waals surface area (Å²) in [5, 5.41) is 2.82. The molecule has 5 heteroatoms. The van der Waals surface area contributed by atoms with Crippen LogP contribution < -0.4 is 5.32 Å². The monoisotopic (exact) mass is 308 g/mol. The summed E-state index contributed by atoms with van der Waals surface area (Å²) in [7, 11) is 0. The molecule has 0 aliphatic heterocycles. The van der Waals surface area contributed by atoms with E-state index in [0.717, 1.165) is 12.8 Å². The molecule has 0 saturated heterocycles. The van der Waals surface area contributed by atoms with E-state index in [9.17, 15) is 14.0 Å². The molecule has 1 N–H and O–H groups in total. The third-order valence-electron chi connectivity index (χ3n) is 3.60. The van der Waals surface area contributed by atoms with Gasteiger partial charge in [0.15, 0.2) is 0 Å². The molecule has 0 unspecified atom stereocenters. The summed E-state index contributed by atoms with van der Waals surface area (Å²) < 4.78 is 13.8. The largest absolute Gasteiger partial charge is 0.354 e. The van der Waals surface area contributed by atoms with Crippen LogP contribution in [0.2, 0.25) is 0 Å². The molecular weight excluding hydrogens is 283 g/mol. The van der Waals surface area contributed by atoms with Gasteiger partial charge in [-0.3, -0.25) is 9.59 Å². The second-order valence-corrected chi connectivity index (χ2v) is 5.29. The second kappa shape index (κ2) is 9.18. The van der Waals surface area contributed by atoms with Gasteiger partial charge in [0, 0.05) is 25.1 Å². The SMILES string of the molecule is CCCCNC(=O)[C@@H](C)N(Cc1ccccc1F)C(=O)CC. The van der Waals surface area contributed by atoms with Crippen LogP contribution in [0.15, 0.2) is 24.3 Å². The maximum atomic E-state index is 13.8. The van der Waals surface area contributed by atoms with Crippen LogP contribution in [0.25, 0.3) is 0 Å². The number of carbonyl (C=O) groups excluding carboxylic acids is 2. The van der Waals surface area contributed by atoms with Crippen molar-refractivity contribution < 1.29 is 14.0 Å². The number of benzene rings is 1. The van der Waals surface area contributed by atoms with Crippen molar-refractivity contribution in [1.82, 2.24) is 10.2 Å². The lowest BCUT2D eigenvalue weighted by molar-refractivity contribution is -0.140. The molecule has 22 heavy (non-hydrogen) atoms. The summed E-state index contributed by atoms with van der Waals surface area (Å²) in [6.45, 7) is 6.14. The zero-order chi connectivity index (χ0) is 16.5. The summed E-state index contributed by atoms with van der Waals surface area (Å²) in [6.07, 6.45) is 2.16. The predicted octanol–water partition coefficient (Wildman–Crippen LogP) is 2.87. The van der Waals surface area contributed by atoms with Crippen molar-refractivity contribution in [1.29, 1.82) is 0 Å². The minimum atomic E-state index is -0.621. The topological polar surface area (TPSA) is 49.4 Å². The van der Waals surface area contributed by atoms with Gasteiger partial charge in [-0.25, -0.2) is 4.39 Å². The fraction of sp³-hybridized carbons (Fsp3) is 0.529. The number of hydrogen-bond donors (Lipinski definition) is 1. The van der Waals surface area contributed by atoms with E-state index in [0.29, 0.717) is 12.1 Å². The lowest BCUT2D eigenvalue weighted by atomic mass is 10.1. The first-order valence-electron chi connectivity index (χ1n) is 7.81. The fourth-order valence-corrected chi connectivity index (χ4v) is 2.13. The van der Waals surface area contributed by atoms with Gasteiger partial charge in [0.05, 0.1) is 0 Å². The molecule has 0 fully saturated rings. The lowest BCUT2D eigenvalue weighted by Crippen LogP contribution is -2.47. The maximum Gasteiger partial charge on any atom is 0.242 e. The highest BCUT2D eigenvalue weighted by Gasteiger charge is 2.25.